The lowest BCUT2D eigenvalue weighted by Crippen LogP contribution is -2.41. The molecule has 2 aliphatic heterocycles. The van der Waals surface area contributed by atoms with Crippen molar-refractivity contribution in [3.05, 3.63) is 82.8 Å². The van der Waals surface area contributed by atoms with E-state index in [0.29, 0.717) is 46.7 Å². The van der Waals surface area contributed by atoms with Gasteiger partial charge in [-0.3, -0.25) is 14.9 Å². The summed E-state index contributed by atoms with van der Waals surface area (Å²) in [5, 5.41) is 3.49. The van der Waals surface area contributed by atoms with Crippen LogP contribution in [-0.4, -0.2) is 71.1 Å². The van der Waals surface area contributed by atoms with Crippen molar-refractivity contribution in [3.63, 3.8) is 0 Å². The van der Waals surface area contributed by atoms with Crippen LogP contribution in [0, 0.1) is 0 Å². The number of thiazole rings is 1. The number of carbonyl (C=O) groups excluding carboxylic acids is 2. The highest BCUT2D eigenvalue weighted by atomic mass is 32.1. The van der Waals surface area contributed by atoms with Gasteiger partial charge < -0.3 is 24.0 Å². The van der Waals surface area contributed by atoms with Crippen molar-refractivity contribution in [1.29, 1.82) is 0 Å². The summed E-state index contributed by atoms with van der Waals surface area (Å²) in [6.45, 7) is 5.31. The van der Waals surface area contributed by atoms with E-state index in [1.165, 1.54) is 11.3 Å². The highest BCUT2D eigenvalue weighted by Crippen LogP contribution is 2.32. The lowest BCUT2D eigenvalue weighted by molar-refractivity contribution is 0.0651. The standard InChI is InChI=1S/C31H32N6O5S/c1-20(18-40-2)41-24-14-22(15-25(16-24)42-23-6-4-21(5-7-23)30(39)36-11-3-12-36)29(38)35-31-34-26-9-13-37(17-27(26)43-31)28-8-10-32-19-33-28/h4-8,10,14-16,19-20H,3,9,11-13,17-18H2,1-2H3,(H,34,35,38)/t20-/m0/s1. The Morgan fingerprint density at radius 3 is 2.56 bits per heavy atom. The second-order valence-corrected chi connectivity index (χ2v) is 11.5. The van der Waals surface area contributed by atoms with Gasteiger partial charge >= 0.3 is 0 Å². The van der Waals surface area contributed by atoms with Gasteiger partial charge in [0.25, 0.3) is 11.8 Å². The summed E-state index contributed by atoms with van der Waals surface area (Å²) in [5.41, 5.74) is 1.96. The minimum atomic E-state index is -0.330. The van der Waals surface area contributed by atoms with E-state index in [1.807, 2.05) is 17.9 Å². The normalized spacial score (nSPS) is 14.8. The first-order valence-corrected chi connectivity index (χ1v) is 15.0. The van der Waals surface area contributed by atoms with E-state index in [2.05, 4.69) is 20.2 Å². The summed E-state index contributed by atoms with van der Waals surface area (Å²) in [4.78, 5) is 44.1. The van der Waals surface area contributed by atoms with E-state index in [-0.39, 0.29) is 17.9 Å². The van der Waals surface area contributed by atoms with Gasteiger partial charge in [-0.1, -0.05) is 11.3 Å². The van der Waals surface area contributed by atoms with Gasteiger partial charge in [-0.05, 0) is 55.8 Å². The van der Waals surface area contributed by atoms with Crippen LogP contribution in [0.2, 0.25) is 0 Å². The fourth-order valence-electron chi connectivity index (χ4n) is 4.92. The lowest BCUT2D eigenvalue weighted by atomic mass is 10.1. The summed E-state index contributed by atoms with van der Waals surface area (Å²) >= 11 is 1.46. The minimum absolute atomic E-state index is 0.0184. The Labute approximate surface area is 253 Å². The van der Waals surface area contributed by atoms with Gasteiger partial charge in [0.05, 0.1) is 18.8 Å². The van der Waals surface area contributed by atoms with E-state index in [1.54, 1.807) is 62.1 Å². The first-order chi connectivity index (χ1) is 20.9. The number of ether oxygens (including phenoxy) is 3. The number of rotatable bonds is 10. The number of amides is 2. The summed E-state index contributed by atoms with van der Waals surface area (Å²) in [5.74, 6) is 1.98. The average Bonchev–Trinajstić information content (AvgIpc) is 3.38. The molecule has 1 fully saturated rings. The topological polar surface area (TPSA) is 119 Å². The second kappa shape index (κ2) is 12.8. The molecule has 43 heavy (non-hydrogen) atoms. The predicted octanol–water partition coefficient (Wildman–Crippen LogP) is 4.80. The van der Waals surface area contributed by atoms with Gasteiger partial charge in [-0.2, -0.15) is 0 Å². The molecule has 0 bridgehead atoms. The first kappa shape index (κ1) is 28.6. The molecule has 2 aliphatic rings. The molecule has 0 radical (unpaired) electrons. The average molecular weight is 601 g/mol. The number of methoxy groups -OCH3 is 1. The number of hydrogen-bond donors (Lipinski definition) is 1. The Morgan fingerprint density at radius 1 is 1.02 bits per heavy atom. The largest absolute Gasteiger partial charge is 0.488 e. The maximum atomic E-state index is 13.4. The van der Waals surface area contributed by atoms with Crippen LogP contribution in [-0.2, 0) is 17.7 Å². The van der Waals surface area contributed by atoms with Gasteiger partial charge in [0.1, 0.15) is 35.5 Å². The van der Waals surface area contributed by atoms with Gasteiger partial charge in [0.2, 0.25) is 0 Å². The smallest absolute Gasteiger partial charge is 0.257 e. The van der Waals surface area contributed by atoms with Crippen LogP contribution in [0.1, 0.15) is 44.6 Å². The van der Waals surface area contributed by atoms with Crippen molar-refractivity contribution in [3.8, 4) is 17.2 Å². The Morgan fingerprint density at radius 2 is 1.84 bits per heavy atom. The number of fused-ring (bicyclic) bond motifs is 1. The Kier molecular flexibility index (Phi) is 8.47. The Hall–Kier alpha value is -4.55. The Balaban J connectivity index is 1.18. The zero-order valence-corrected chi connectivity index (χ0v) is 24.8. The fraction of sp³-hybridized carbons (Fsp3) is 0.323. The monoisotopic (exact) mass is 600 g/mol. The van der Waals surface area contributed by atoms with Crippen molar-refractivity contribution < 1.29 is 23.8 Å². The number of nitrogens with zero attached hydrogens (tertiary/aromatic N) is 5. The lowest BCUT2D eigenvalue weighted by Gasteiger charge is -2.30. The molecule has 0 spiro atoms. The predicted molar refractivity (Wildman–Crippen MR) is 162 cm³/mol. The van der Waals surface area contributed by atoms with Crippen LogP contribution >= 0.6 is 11.3 Å². The molecule has 1 N–H and O–H groups in total. The molecule has 6 rings (SSSR count). The molecule has 12 heteroatoms. The van der Waals surface area contributed by atoms with Crippen LogP contribution in [0.5, 0.6) is 17.2 Å². The molecule has 0 aliphatic carbocycles. The molecular formula is C31H32N6O5S. The molecule has 222 valence electrons. The SMILES string of the molecule is COC[C@H](C)Oc1cc(Oc2ccc(C(=O)N3CCC3)cc2)cc(C(=O)Nc2nc3c(s2)CN(c2ccncn2)CC3)c1. The number of likely N-dealkylation sites (tertiary alicyclic amines) is 1. The number of aromatic nitrogens is 3. The first-order valence-electron chi connectivity index (χ1n) is 14.1. The molecule has 4 heterocycles. The fourth-order valence-corrected chi connectivity index (χ4v) is 5.94. The van der Waals surface area contributed by atoms with E-state index >= 15 is 0 Å². The third kappa shape index (κ3) is 6.76. The van der Waals surface area contributed by atoms with Crippen molar-refractivity contribution >= 4 is 34.1 Å². The summed E-state index contributed by atoms with van der Waals surface area (Å²) in [7, 11) is 1.61. The van der Waals surface area contributed by atoms with Crippen LogP contribution in [0.25, 0.3) is 0 Å². The highest BCUT2D eigenvalue weighted by Gasteiger charge is 2.24. The molecule has 1 atom stereocenters. The molecule has 0 saturated carbocycles. The molecule has 0 unspecified atom stereocenters. The van der Waals surface area contributed by atoms with Gasteiger partial charge in [-0.15, -0.1) is 0 Å². The molecule has 1 saturated heterocycles. The summed E-state index contributed by atoms with van der Waals surface area (Å²) in [6, 6.07) is 13.9. The maximum absolute atomic E-state index is 13.4. The van der Waals surface area contributed by atoms with Gasteiger partial charge in [0, 0.05) is 61.4 Å². The molecule has 2 aromatic heterocycles. The quantitative estimate of drug-likeness (QED) is 0.274. The van der Waals surface area contributed by atoms with Crippen molar-refractivity contribution in [2.24, 2.45) is 0 Å². The summed E-state index contributed by atoms with van der Waals surface area (Å²) in [6.07, 6.45) is 4.82. The highest BCUT2D eigenvalue weighted by molar-refractivity contribution is 7.15. The van der Waals surface area contributed by atoms with Crippen molar-refractivity contribution in [2.45, 2.75) is 32.4 Å². The third-order valence-corrected chi connectivity index (χ3v) is 8.20. The molecule has 2 aromatic carbocycles. The molecule has 11 nitrogen and oxygen atoms in total. The van der Waals surface area contributed by atoms with E-state index in [9.17, 15) is 9.59 Å². The van der Waals surface area contributed by atoms with Crippen LogP contribution in [0.3, 0.4) is 0 Å². The van der Waals surface area contributed by atoms with Crippen LogP contribution in [0.15, 0.2) is 61.1 Å². The summed E-state index contributed by atoms with van der Waals surface area (Å²) < 4.78 is 17.3. The number of nitrogens with one attached hydrogen (secondary N) is 1. The second-order valence-electron chi connectivity index (χ2n) is 10.4. The van der Waals surface area contributed by atoms with Crippen molar-refractivity contribution in [2.75, 3.05) is 43.6 Å². The van der Waals surface area contributed by atoms with E-state index in [4.69, 9.17) is 19.2 Å². The number of benzene rings is 2. The number of anilines is 2. The Bertz CT molecular complexity index is 1590. The van der Waals surface area contributed by atoms with Crippen LogP contribution in [0.4, 0.5) is 10.9 Å². The number of carbonyl (C=O) groups is 2. The zero-order valence-electron chi connectivity index (χ0n) is 24.0. The van der Waals surface area contributed by atoms with E-state index < -0.39 is 0 Å². The van der Waals surface area contributed by atoms with Gasteiger partial charge in [0.15, 0.2) is 5.13 Å². The van der Waals surface area contributed by atoms with E-state index in [0.717, 1.165) is 48.9 Å². The molecular weight excluding hydrogens is 568 g/mol. The third-order valence-electron chi connectivity index (χ3n) is 7.20. The van der Waals surface area contributed by atoms with Crippen LogP contribution < -0.4 is 19.7 Å². The molecule has 2 amide bonds. The maximum Gasteiger partial charge on any atom is 0.257 e. The molecule has 4 aromatic rings. The van der Waals surface area contributed by atoms with Gasteiger partial charge in [-0.25, -0.2) is 15.0 Å². The number of hydrogen-bond acceptors (Lipinski definition) is 10. The zero-order chi connectivity index (χ0) is 29.8. The van der Waals surface area contributed by atoms with Crippen molar-refractivity contribution in [1.82, 2.24) is 19.9 Å². The minimum Gasteiger partial charge on any atom is -0.488 e.